The number of aliphatic hydroxyl groups is 1. The van der Waals surface area contributed by atoms with Crippen LogP contribution in [0.15, 0.2) is 36.4 Å². The molecule has 27 heavy (non-hydrogen) atoms. The first-order chi connectivity index (χ1) is 13.0. The van der Waals surface area contributed by atoms with Gasteiger partial charge in [0.15, 0.2) is 0 Å². The number of aryl methyl sites for hydroxylation is 1. The molecule has 0 atom stereocenters. The Morgan fingerprint density at radius 3 is 2.56 bits per heavy atom. The van der Waals surface area contributed by atoms with E-state index in [-0.39, 0.29) is 36.3 Å². The molecule has 0 unspecified atom stereocenters. The Morgan fingerprint density at radius 1 is 1.15 bits per heavy atom. The first kappa shape index (κ1) is 20.9. The molecule has 1 amide bonds. The summed E-state index contributed by atoms with van der Waals surface area (Å²) in [5, 5.41) is 19.1. The summed E-state index contributed by atoms with van der Waals surface area (Å²) in [6.45, 7) is 0.419. The van der Waals surface area contributed by atoms with Crippen LogP contribution in [0, 0.1) is 0 Å². The number of rotatable bonds is 9. The van der Waals surface area contributed by atoms with Gasteiger partial charge in [0.25, 0.3) is 0 Å². The van der Waals surface area contributed by atoms with Crippen molar-refractivity contribution >= 4 is 17.5 Å². The fourth-order valence-electron chi connectivity index (χ4n) is 2.72. The van der Waals surface area contributed by atoms with Crippen molar-refractivity contribution < 1.29 is 24.5 Å². The van der Waals surface area contributed by atoms with Gasteiger partial charge in [-0.2, -0.15) is 0 Å². The average molecular weight is 394 g/mol. The molecule has 0 aliphatic carbocycles. The highest BCUT2D eigenvalue weighted by Gasteiger charge is 2.16. The maximum atomic E-state index is 12.7. The summed E-state index contributed by atoms with van der Waals surface area (Å²) >= 11 is 5.90. The Bertz CT molecular complexity index is 781. The first-order valence-electron chi connectivity index (χ1n) is 8.55. The fraction of sp³-hybridized carbons (Fsp3) is 0.350. The molecule has 2 N–H and O–H groups in total. The predicted octanol–water partition coefficient (Wildman–Crippen LogP) is 3.02. The largest absolute Gasteiger partial charge is 0.506 e. The number of phenolic OH excluding ortho intramolecular Hbond substituents is 1. The Morgan fingerprint density at radius 2 is 1.93 bits per heavy atom. The highest BCUT2D eigenvalue weighted by Crippen LogP contribution is 2.27. The van der Waals surface area contributed by atoms with E-state index in [0.29, 0.717) is 24.5 Å². The van der Waals surface area contributed by atoms with E-state index < -0.39 is 0 Å². The monoisotopic (exact) mass is 393 g/mol. The quantitative estimate of drug-likeness (QED) is 0.684. The van der Waals surface area contributed by atoms with Crippen molar-refractivity contribution in [3.63, 3.8) is 0 Å². The Hall–Kier alpha value is -2.44. The number of aromatic hydroxyl groups is 1. The van der Waals surface area contributed by atoms with Gasteiger partial charge in [-0.25, -0.2) is 0 Å². The standard InChI is InChI=1S/C20H24ClNO5/c1-26-16-6-5-15(19(12-16)27-2)13-22(9-10-23)20(25)8-4-14-3-7-18(24)17(21)11-14/h3,5-7,11-12,23-24H,4,8-10,13H2,1-2H3. The van der Waals surface area contributed by atoms with Gasteiger partial charge in [0, 0.05) is 31.1 Å². The molecule has 0 fully saturated rings. The van der Waals surface area contributed by atoms with E-state index in [1.807, 2.05) is 6.07 Å². The average Bonchev–Trinajstić information content (AvgIpc) is 2.68. The predicted molar refractivity (Wildman–Crippen MR) is 103 cm³/mol. The summed E-state index contributed by atoms with van der Waals surface area (Å²) in [5.41, 5.74) is 1.69. The van der Waals surface area contributed by atoms with Crippen LogP contribution in [0.3, 0.4) is 0 Å². The minimum absolute atomic E-state index is 0.0141. The topological polar surface area (TPSA) is 79.2 Å². The fourth-order valence-corrected chi connectivity index (χ4v) is 2.92. The van der Waals surface area contributed by atoms with Crippen LogP contribution in [0.2, 0.25) is 5.02 Å². The maximum Gasteiger partial charge on any atom is 0.223 e. The van der Waals surface area contributed by atoms with Crippen LogP contribution in [-0.2, 0) is 17.8 Å². The highest BCUT2D eigenvalue weighted by molar-refractivity contribution is 6.32. The molecular weight excluding hydrogens is 370 g/mol. The zero-order chi connectivity index (χ0) is 19.8. The minimum atomic E-state index is -0.130. The zero-order valence-corrected chi connectivity index (χ0v) is 16.2. The lowest BCUT2D eigenvalue weighted by Gasteiger charge is -2.23. The van der Waals surface area contributed by atoms with Crippen molar-refractivity contribution in [2.24, 2.45) is 0 Å². The molecule has 146 valence electrons. The first-order valence-corrected chi connectivity index (χ1v) is 8.93. The van der Waals surface area contributed by atoms with Crippen molar-refractivity contribution in [2.75, 3.05) is 27.4 Å². The summed E-state index contributed by atoms with van der Waals surface area (Å²) in [4.78, 5) is 14.2. The van der Waals surface area contributed by atoms with Gasteiger partial charge in [0.2, 0.25) is 5.91 Å². The van der Waals surface area contributed by atoms with Crippen LogP contribution in [-0.4, -0.2) is 48.4 Å². The molecule has 6 nitrogen and oxygen atoms in total. The van der Waals surface area contributed by atoms with Crippen LogP contribution >= 0.6 is 11.6 Å². The Kier molecular flexibility index (Phi) is 7.76. The third-order valence-electron chi connectivity index (χ3n) is 4.22. The van der Waals surface area contributed by atoms with Gasteiger partial charge >= 0.3 is 0 Å². The van der Waals surface area contributed by atoms with E-state index in [2.05, 4.69) is 0 Å². The molecule has 0 bridgehead atoms. The number of carbonyl (C=O) groups excluding carboxylic acids is 1. The van der Waals surface area contributed by atoms with E-state index in [9.17, 15) is 15.0 Å². The van der Waals surface area contributed by atoms with Crippen molar-refractivity contribution in [2.45, 2.75) is 19.4 Å². The molecule has 0 aliphatic rings. The van der Waals surface area contributed by atoms with Crippen molar-refractivity contribution in [1.82, 2.24) is 4.90 Å². The van der Waals surface area contributed by atoms with Gasteiger partial charge in [0.05, 0.1) is 25.8 Å². The Labute approximate surface area is 163 Å². The van der Waals surface area contributed by atoms with Crippen LogP contribution in [0.25, 0.3) is 0 Å². The molecule has 2 aromatic carbocycles. The molecule has 2 rings (SSSR count). The summed E-state index contributed by atoms with van der Waals surface area (Å²) in [6.07, 6.45) is 0.750. The lowest BCUT2D eigenvalue weighted by molar-refractivity contribution is -0.132. The molecule has 2 aromatic rings. The molecule has 7 heteroatoms. The summed E-state index contributed by atoms with van der Waals surface area (Å²) < 4.78 is 10.6. The van der Waals surface area contributed by atoms with Crippen LogP contribution in [0.5, 0.6) is 17.2 Å². The number of amides is 1. The smallest absolute Gasteiger partial charge is 0.223 e. The summed E-state index contributed by atoms with van der Waals surface area (Å²) in [5.74, 6) is 1.21. The number of nitrogens with zero attached hydrogens (tertiary/aromatic N) is 1. The van der Waals surface area contributed by atoms with Gasteiger partial charge in [-0.15, -0.1) is 0 Å². The van der Waals surface area contributed by atoms with Gasteiger partial charge in [-0.3, -0.25) is 4.79 Å². The van der Waals surface area contributed by atoms with Crippen LogP contribution in [0.4, 0.5) is 0 Å². The number of hydrogen-bond donors (Lipinski definition) is 2. The molecule has 0 heterocycles. The second-order valence-corrected chi connectivity index (χ2v) is 6.41. The number of benzene rings is 2. The molecular formula is C20H24ClNO5. The normalized spacial score (nSPS) is 10.5. The molecule has 0 aliphatic heterocycles. The van der Waals surface area contributed by atoms with Crippen LogP contribution in [0.1, 0.15) is 17.5 Å². The molecule has 0 saturated carbocycles. The maximum absolute atomic E-state index is 12.7. The third kappa shape index (κ3) is 5.77. The van der Waals surface area contributed by atoms with Crippen molar-refractivity contribution in [1.29, 1.82) is 0 Å². The van der Waals surface area contributed by atoms with E-state index >= 15 is 0 Å². The number of halogens is 1. The number of aliphatic hydroxyl groups excluding tert-OH is 1. The van der Waals surface area contributed by atoms with Crippen LogP contribution < -0.4 is 9.47 Å². The second-order valence-electron chi connectivity index (χ2n) is 6.00. The van der Waals surface area contributed by atoms with Gasteiger partial charge < -0.3 is 24.6 Å². The van der Waals surface area contributed by atoms with E-state index in [0.717, 1.165) is 11.1 Å². The number of hydrogen-bond acceptors (Lipinski definition) is 5. The number of methoxy groups -OCH3 is 2. The number of carbonyl (C=O) groups is 1. The van der Waals surface area contributed by atoms with E-state index in [4.69, 9.17) is 21.1 Å². The molecule has 0 aromatic heterocycles. The lowest BCUT2D eigenvalue weighted by atomic mass is 10.1. The highest BCUT2D eigenvalue weighted by atomic mass is 35.5. The van der Waals surface area contributed by atoms with Gasteiger partial charge in [-0.05, 0) is 36.2 Å². The molecule has 0 spiro atoms. The summed E-state index contributed by atoms with van der Waals surface area (Å²) in [7, 11) is 3.14. The molecule has 0 saturated heterocycles. The lowest BCUT2D eigenvalue weighted by Crippen LogP contribution is -2.33. The second kappa shape index (κ2) is 10.0. The zero-order valence-electron chi connectivity index (χ0n) is 15.4. The minimum Gasteiger partial charge on any atom is -0.506 e. The number of phenols is 1. The van der Waals surface area contributed by atoms with Gasteiger partial charge in [0.1, 0.15) is 17.2 Å². The summed E-state index contributed by atoms with van der Waals surface area (Å²) in [6, 6.07) is 10.3. The number of ether oxygens (including phenoxy) is 2. The van der Waals surface area contributed by atoms with E-state index in [1.54, 1.807) is 43.4 Å². The third-order valence-corrected chi connectivity index (χ3v) is 4.52. The van der Waals surface area contributed by atoms with Crippen molar-refractivity contribution in [3.8, 4) is 17.2 Å². The van der Waals surface area contributed by atoms with Gasteiger partial charge in [-0.1, -0.05) is 17.7 Å². The Balaban J connectivity index is 2.07. The van der Waals surface area contributed by atoms with Crippen molar-refractivity contribution in [3.05, 3.63) is 52.5 Å². The molecule has 0 radical (unpaired) electrons. The SMILES string of the molecule is COc1ccc(CN(CCO)C(=O)CCc2ccc(O)c(Cl)c2)c(OC)c1. The van der Waals surface area contributed by atoms with E-state index in [1.165, 1.54) is 6.07 Å².